The molecule has 8 heteroatoms. The highest BCUT2D eigenvalue weighted by molar-refractivity contribution is 5.87. The summed E-state index contributed by atoms with van der Waals surface area (Å²) in [5, 5.41) is 8.82. The standard InChI is InChI=1S/C13H19F3N2O3/c1-12(17,13(14,15)16)11(21)18-8-2-3-9(18)5-7(4-8)6-10(19)20/h7-9H,2-6,17H2,1H3,(H,19,20). The first kappa shape index (κ1) is 16.1. The van der Waals surface area contributed by atoms with Crippen LogP contribution in [0.2, 0.25) is 0 Å². The summed E-state index contributed by atoms with van der Waals surface area (Å²) in [6, 6.07) is -0.656. The van der Waals surface area contributed by atoms with Gasteiger partial charge in [-0.25, -0.2) is 0 Å². The summed E-state index contributed by atoms with van der Waals surface area (Å²) in [6.07, 6.45) is -2.72. The smallest absolute Gasteiger partial charge is 0.415 e. The zero-order chi connectivity index (χ0) is 16.0. The number of fused-ring (bicyclic) bond motifs is 2. The number of carbonyl (C=O) groups excluding carboxylic acids is 1. The van der Waals surface area contributed by atoms with E-state index in [-0.39, 0.29) is 24.4 Å². The lowest BCUT2D eigenvalue weighted by atomic mass is 9.86. The maximum atomic E-state index is 12.9. The van der Waals surface area contributed by atoms with Crippen LogP contribution in [0.4, 0.5) is 13.2 Å². The molecule has 0 spiro atoms. The van der Waals surface area contributed by atoms with Gasteiger partial charge >= 0.3 is 12.1 Å². The first-order chi connectivity index (χ1) is 9.54. The zero-order valence-electron chi connectivity index (χ0n) is 11.7. The SMILES string of the molecule is CC(N)(C(=O)N1C2CCC1CC(CC(=O)O)C2)C(F)(F)F. The molecule has 21 heavy (non-hydrogen) atoms. The average molecular weight is 308 g/mol. The van der Waals surface area contributed by atoms with E-state index in [0.717, 1.165) is 0 Å². The van der Waals surface area contributed by atoms with E-state index in [1.807, 2.05) is 0 Å². The number of piperidine rings is 1. The number of carboxylic acid groups (broad SMARTS) is 1. The van der Waals surface area contributed by atoms with Crippen LogP contribution in [0.15, 0.2) is 0 Å². The Hall–Kier alpha value is -1.31. The van der Waals surface area contributed by atoms with Gasteiger partial charge in [0.25, 0.3) is 5.91 Å². The maximum Gasteiger partial charge on any atom is 0.415 e. The summed E-state index contributed by atoms with van der Waals surface area (Å²) >= 11 is 0. The Bertz CT molecular complexity index is 436. The average Bonchev–Trinajstić information content (AvgIpc) is 2.57. The van der Waals surface area contributed by atoms with Gasteiger partial charge in [0.1, 0.15) is 0 Å². The fourth-order valence-corrected chi connectivity index (χ4v) is 3.42. The summed E-state index contributed by atoms with van der Waals surface area (Å²) in [5.41, 5.74) is 2.33. The number of nitrogens with zero attached hydrogens (tertiary/aromatic N) is 1. The Balaban J connectivity index is 2.13. The highest BCUT2D eigenvalue weighted by Crippen LogP contribution is 2.42. The number of nitrogens with two attached hydrogens (primary N) is 1. The second-order valence-electron chi connectivity index (χ2n) is 6.23. The van der Waals surface area contributed by atoms with Crippen molar-refractivity contribution in [2.45, 2.75) is 62.8 Å². The first-order valence-electron chi connectivity index (χ1n) is 6.94. The van der Waals surface area contributed by atoms with Crippen molar-refractivity contribution in [1.29, 1.82) is 0 Å². The normalized spacial score (nSPS) is 31.9. The van der Waals surface area contributed by atoms with Crippen LogP contribution in [-0.4, -0.2) is 45.7 Å². The van der Waals surface area contributed by atoms with Crippen LogP contribution in [0.25, 0.3) is 0 Å². The molecule has 5 nitrogen and oxygen atoms in total. The molecule has 3 N–H and O–H groups in total. The van der Waals surface area contributed by atoms with Gasteiger partial charge in [0.2, 0.25) is 0 Å². The van der Waals surface area contributed by atoms with Crippen LogP contribution >= 0.6 is 0 Å². The van der Waals surface area contributed by atoms with Gasteiger partial charge < -0.3 is 15.7 Å². The fraction of sp³-hybridized carbons (Fsp3) is 0.846. The van der Waals surface area contributed by atoms with Gasteiger partial charge in [-0.05, 0) is 38.5 Å². The van der Waals surface area contributed by atoms with Crippen molar-refractivity contribution in [3.63, 3.8) is 0 Å². The molecule has 2 rings (SSSR count). The van der Waals surface area contributed by atoms with Crippen LogP contribution in [0.1, 0.15) is 39.0 Å². The van der Waals surface area contributed by atoms with Crippen molar-refractivity contribution < 1.29 is 27.9 Å². The molecular formula is C13H19F3N2O3. The van der Waals surface area contributed by atoms with E-state index in [4.69, 9.17) is 10.8 Å². The highest BCUT2D eigenvalue weighted by Gasteiger charge is 2.58. The summed E-state index contributed by atoms with van der Waals surface area (Å²) in [6.45, 7) is 0.693. The van der Waals surface area contributed by atoms with Gasteiger partial charge in [-0.15, -0.1) is 0 Å². The van der Waals surface area contributed by atoms with E-state index in [2.05, 4.69) is 0 Å². The summed E-state index contributed by atoms with van der Waals surface area (Å²) in [4.78, 5) is 24.2. The minimum absolute atomic E-state index is 0.00576. The minimum atomic E-state index is -4.80. The van der Waals surface area contributed by atoms with Crippen molar-refractivity contribution in [3.8, 4) is 0 Å². The quantitative estimate of drug-likeness (QED) is 0.828. The largest absolute Gasteiger partial charge is 0.481 e. The van der Waals surface area contributed by atoms with Gasteiger partial charge in [-0.1, -0.05) is 0 Å². The maximum absolute atomic E-state index is 12.9. The number of hydrogen-bond donors (Lipinski definition) is 2. The van der Waals surface area contributed by atoms with Crippen LogP contribution in [0.3, 0.4) is 0 Å². The molecule has 120 valence electrons. The van der Waals surface area contributed by atoms with E-state index in [9.17, 15) is 22.8 Å². The summed E-state index contributed by atoms with van der Waals surface area (Å²) in [7, 11) is 0. The predicted molar refractivity (Wildman–Crippen MR) is 67.3 cm³/mol. The van der Waals surface area contributed by atoms with Crippen molar-refractivity contribution >= 4 is 11.9 Å². The number of carboxylic acids is 1. The zero-order valence-corrected chi connectivity index (χ0v) is 11.7. The lowest BCUT2D eigenvalue weighted by molar-refractivity contribution is -0.196. The molecule has 2 bridgehead atoms. The highest BCUT2D eigenvalue weighted by atomic mass is 19.4. The molecule has 0 aromatic carbocycles. The Kier molecular flexibility index (Phi) is 3.94. The van der Waals surface area contributed by atoms with E-state index in [1.165, 1.54) is 4.90 Å². The summed E-state index contributed by atoms with van der Waals surface area (Å²) in [5.74, 6) is -2.10. The molecule has 3 unspecified atom stereocenters. The van der Waals surface area contributed by atoms with Crippen molar-refractivity contribution in [2.75, 3.05) is 0 Å². The Labute approximate surface area is 120 Å². The third-order valence-electron chi connectivity index (χ3n) is 4.56. The van der Waals surface area contributed by atoms with Crippen LogP contribution in [-0.2, 0) is 9.59 Å². The van der Waals surface area contributed by atoms with Gasteiger partial charge in [-0.2, -0.15) is 13.2 Å². The number of halogens is 3. The molecule has 2 heterocycles. The monoisotopic (exact) mass is 308 g/mol. The van der Waals surface area contributed by atoms with E-state index < -0.39 is 23.6 Å². The summed E-state index contributed by atoms with van der Waals surface area (Å²) < 4.78 is 38.7. The van der Waals surface area contributed by atoms with Gasteiger partial charge in [0.05, 0.1) is 0 Å². The van der Waals surface area contributed by atoms with Gasteiger partial charge in [0.15, 0.2) is 5.54 Å². The third-order valence-corrected chi connectivity index (χ3v) is 4.56. The second-order valence-corrected chi connectivity index (χ2v) is 6.23. The van der Waals surface area contributed by atoms with Crippen LogP contribution < -0.4 is 5.73 Å². The van der Waals surface area contributed by atoms with E-state index in [1.54, 1.807) is 0 Å². The van der Waals surface area contributed by atoms with Crippen molar-refractivity contribution in [3.05, 3.63) is 0 Å². The lowest BCUT2D eigenvalue weighted by Gasteiger charge is -2.42. The predicted octanol–water partition coefficient (Wildman–Crippen LogP) is 1.51. The molecule has 3 atom stereocenters. The lowest BCUT2D eigenvalue weighted by Crippen LogP contribution is -2.65. The van der Waals surface area contributed by atoms with Crippen LogP contribution in [0.5, 0.6) is 0 Å². The molecule has 2 aliphatic rings. The van der Waals surface area contributed by atoms with E-state index >= 15 is 0 Å². The fourth-order valence-electron chi connectivity index (χ4n) is 3.42. The molecule has 2 saturated heterocycles. The molecule has 0 radical (unpaired) electrons. The number of hydrogen-bond acceptors (Lipinski definition) is 3. The van der Waals surface area contributed by atoms with Crippen LogP contribution in [0, 0.1) is 5.92 Å². The molecule has 0 aromatic rings. The van der Waals surface area contributed by atoms with Crippen molar-refractivity contribution in [1.82, 2.24) is 4.90 Å². The molecule has 2 aliphatic heterocycles. The topological polar surface area (TPSA) is 83.6 Å². The van der Waals surface area contributed by atoms with Gasteiger partial charge in [-0.3, -0.25) is 9.59 Å². The number of amides is 1. The molecular weight excluding hydrogens is 289 g/mol. The number of rotatable bonds is 3. The van der Waals surface area contributed by atoms with Crippen molar-refractivity contribution in [2.24, 2.45) is 11.7 Å². The number of carbonyl (C=O) groups is 2. The van der Waals surface area contributed by atoms with Gasteiger partial charge in [0, 0.05) is 18.5 Å². The number of alkyl halides is 3. The molecule has 0 aliphatic carbocycles. The van der Waals surface area contributed by atoms with E-state index in [0.29, 0.717) is 32.6 Å². The molecule has 2 fully saturated rings. The molecule has 0 saturated carbocycles. The first-order valence-corrected chi connectivity index (χ1v) is 6.94. The minimum Gasteiger partial charge on any atom is -0.481 e. The Morgan fingerprint density at radius 3 is 2.10 bits per heavy atom. The second kappa shape index (κ2) is 5.15. The molecule has 0 aromatic heterocycles. The Morgan fingerprint density at radius 2 is 1.71 bits per heavy atom. The molecule has 1 amide bonds. The number of aliphatic carboxylic acids is 1. The third kappa shape index (κ3) is 2.86. The Morgan fingerprint density at radius 1 is 1.24 bits per heavy atom.